The highest BCUT2D eigenvalue weighted by Crippen LogP contribution is 2.26. The Morgan fingerprint density at radius 2 is 1.92 bits per heavy atom. The zero-order valence-electron chi connectivity index (χ0n) is 9.31. The molecule has 0 N–H and O–H groups in total. The second-order valence-electron chi connectivity index (χ2n) is 4.08. The van der Waals surface area contributed by atoms with E-state index in [-0.39, 0.29) is 0 Å². The Balaban J connectivity index is 3.21. The average molecular weight is 177 g/mol. The summed E-state index contributed by atoms with van der Waals surface area (Å²) in [5.74, 6) is 0.520. The number of hydrogen-bond acceptors (Lipinski definition) is 0. The van der Waals surface area contributed by atoms with E-state index in [2.05, 4.69) is 52.1 Å². The highest BCUT2D eigenvalue weighted by Gasteiger charge is 2.12. The minimum absolute atomic E-state index is 0.520. The van der Waals surface area contributed by atoms with Gasteiger partial charge in [0, 0.05) is 18.9 Å². The van der Waals surface area contributed by atoms with Crippen molar-refractivity contribution in [3.8, 4) is 0 Å². The van der Waals surface area contributed by atoms with Crippen molar-refractivity contribution in [1.29, 1.82) is 0 Å². The molecule has 0 saturated heterocycles. The molecule has 1 aromatic rings. The zero-order chi connectivity index (χ0) is 10.2. The van der Waals surface area contributed by atoms with Gasteiger partial charge in [0.15, 0.2) is 0 Å². The van der Waals surface area contributed by atoms with Crippen LogP contribution in [0.1, 0.15) is 30.7 Å². The van der Waals surface area contributed by atoms with Crippen molar-refractivity contribution >= 4 is 5.57 Å². The van der Waals surface area contributed by atoms with E-state index in [9.17, 15) is 0 Å². The molecule has 0 fully saturated rings. The average Bonchev–Trinajstić information content (AvgIpc) is 2.26. The fourth-order valence-electron chi connectivity index (χ4n) is 1.64. The van der Waals surface area contributed by atoms with Gasteiger partial charge in [0.2, 0.25) is 0 Å². The van der Waals surface area contributed by atoms with Crippen LogP contribution < -0.4 is 0 Å². The molecule has 0 saturated carbocycles. The van der Waals surface area contributed by atoms with E-state index >= 15 is 0 Å². The third-order valence-electron chi connectivity index (χ3n) is 2.69. The zero-order valence-corrected chi connectivity index (χ0v) is 9.31. The molecule has 0 amide bonds. The molecular formula is C12H19N. The van der Waals surface area contributed by atoms with Gasteiger partial charge in [-0.3, -0.25) is 0 Å². The molecule has 1 aromatic heterocycles. The van der Waals surface area contributed by atoms with Crippen LogP contribution in [-0.4, -0.2) is 4.57 Å². The van der Waals surface area contributed by atoms with Crippen LogP contribution in [0.3, 0.4) is 0 Å². The van der Waals surface area contributed by atoms with Gasteiger partial charge in [-0.1, -0.05) is 20.4 Å². The fourth-order valence-corrected chi connectivity index (χ4v) is 1.64. The number of allylic oxidation sites excluding steroid dienone is 1. The van der Waals surface area contributed by atoms with Crippen LogP contribution in [0.15, 0.2) is 12.8 Å². The molecule has 72 valence electrons. The quantitative estimate of drug-likeness (QED) is 0.653. The predicted octanol–water partition coefficient (Wildman–Crippen LogP) is 3.31. The molecule has 13 heavy (non-hydrogen) atoms. The lowest BCUT2D eigenvalue weighted by atomic mass is 9.98. The Morgan fingerprint density at radius 3 is 2.23 bits per heavy atom. The summed E-state index contributed by atoms with van der Waals surface area (Å²) in [7, 11) is 2.09. The highest BCUT2D eigenvalue weighted by atomic mass is 14.9. The molecule has 0 aliphatic heterocycles. The van der Waals surface area contributed by atoms with Gasteiger partial charge >= 0.3 is 0 Å². The van der Waals surface area contributed by atoms with Crippen molar-refractivity contribution in [3.05, 3.63) is 29.6 Å². The van der Waals surface area contributed by atoms with E-state index in [0.29, 0.717) is 5.92 Å². The van der Waals surface area contributed by atoms with Crippen LogP contribution in [0.25, 0.3) is 5.57 Å². The van der Waals surface area contributed by atoms with Crippen molar-refractivity contribution < 1.29 is 0 Å². The SMILES string of the molecule is C=C(c1c(C)c(C)cn1C)C(C)C. The maximum Gasteiger partial charge on any atom is 0.0465 e. The van der Waals surface area contributed by atoms with Crippen molar-refractivity contribution in [3.63, 3.8) is 0 Å². The molecule has 1 nitrogen and oxygen atoms in total. The fraction of sp³-hybridized carbons (Fsp3) is 0.500. The highest BCUT2D eigenvalue weighted by molar-refractivity contribution is 5.66. The molecular weight excluding hydrogens is 158 g/mol. The van der Waals surface area contributed by atoms with E-state index in [1.165, 1.54) is 22.4 Å². The Bertz CT molecular complexity index is 329. The second kappa shape index (κ2) is 3.41. The molecule has 0 aliphatic rings. The van der Waals surface area contributed by atoms with Gasteiger partial charge in [0.1, 0.15) is 0 Å². The van der Waals surface area contributed by atoms with Crippen LogP contribution in [-0.2, 0) is 7.05 Å². The molecule has 0 atom stereocenters. The molecule has 0 radical (unpaired) electrons. The van der Waals surface area contributed by atoms with Crippen molar-refractivity contribution in [2.24, 2.45) is 13.0 Å². The first-order chi connectivity index (χ1) is 5.95. The lowest BCUT2D eigenvalue weighted by Crippen LogP contribution is -2.00. The van der Waals surface area contributed by atoms with Crippen molar-refractivity contribution in [2.45, 2.75) is 27.7 Å². The van der Waals surface area contributed by atoms with Crippen LogP contribution in [0, 0.1) is 19.8 Å². The van der Waals surface area contributed by atoms with Gasteiger partial charge in [0.25, 0.3) is 0 Å². The summed E-state index contributed by atoms with van der Waals surface area (Å²) in [6.45, 7) is 12.8. The van der Waals surface area contributed by atoms with E-state index < -0.39 is 0 Å². The third kappa shape index (κ3) is 1.69. The number of aromatic nitrogens is 1. The molecule has 1 heterocycles. The minimum atomic E-state index is 0.520. The van der Waals surface area contributed by atoms with E-state index in [4.69, 9.17) is 0 Å². The van der Waals surface area contributed by atoms with Crippen LogP contribution >= 0.6 is 0 Å². The largest absolute Gasteiger partial charge is 0.350 e. The molecule has 0 unspecified atom stereocenters. The standard InChI is InChI=1S/C12H19N/c1-8(2)10(4)12-11(5)9(3)7-13(12)6/h7-8H,4H2,1-3,5-6H3. The van der Waals surface area contributed by atoms with E-state index in [1.54, 1.807) is 0 Å². The lowest BCUT2D eigenvalue weighted by molar-refractivity contribution is 0.817. The summed E-state index contributed by atoms with van der Waals surface area (Å²) in [4.78, 5) is 0. The molecule has 1 heteroatoms. The maximum atomic E-state index is 4.14. The van der Waals surface area contributed by atoms with Crippen molar-refractivity contribution in [2.75, 3.05) is 0 Å². The monoisotopic (exact) mass is 177 g/mol. The summed E-state index contributed by atoms with van der Waals surface area (Å²) in [5, 5.41) is 0. The molecule has 1 rings (SSSR count). The van der Waals surface area contributed by atoms with Gasteiger partial charge in [-0.2, -0.15) is 0 Å². The van der Waals surface area contributed by atoms with E-state index in [1.807, 2.05) is 0 Å². The van der Waals surface area contributed by atoms with Gasteiger partial charge in [-0.25, -0.2) is 0 Å². The maximum absolute atomic E-state index is 4.14. The van der Waals surface area contributed by atoms with Gasteiger partial charge < -0.3 is 4.57 Å². The predicted molar refractivity (Wildman–Crippen MR) is 58.8 cm³/mol. The van der Waals surface area contributed by atoms with E-state index in [0.717, 1.165) is 0 Å². The Morgan fingerprint density at radius 1 is 1.38 bits per heavy atom. The first-order valence-electron chi connectivity index (χ1n) is 4.76. The number of aryl methyl sites for hydroxylation is 2. The molecule has 0 aliphatic carbocycles. The Hall–Kier alpha value is -0.980. The molecule has 0 bridgehead atoms. The van der Waals surface area contributed by atoms with Crippen LogP contribution in [0.2, 0.25) is 0 Å². The number of nitrogens with zero attached hydrogens (tertiary/aromatic N) is 1. The third-order valence-corrected chi connectivity index (χ3v) is 2.69. The number of rotatable bonds is 2. The summed E-state index contributed by atoms with van der Waals surface area (Å²) >= 11 is 0. The topological polar surface area (TPSA) is 4.93 Å². The molecule has 0 aromatic carbocycles. The summed E-state index contributed by atoms with van der Waals surface area (Å²) in [6, 6.07) is 0. The first kappa shape index (κ1) is 10.1. The summed E-state index contributed by atoms with van der Waals surface area (Å²) in [6.07, 6.45) is 2.16. The minimum Gasteiger partial charge on any atom is -0.350 e. The van der Waals surface area contributed by atoms with Gasteiger partial charge in [0.05, 0.1) is 0 Å². The summed E-state index contributed by atoms with van der Waals surface area (Å²) < 4.78 is 2.17. The smallest absolute Gasteiger partial charge is 0.0465 e. The van der Waals surface area contributed by atoms with Crippen LogP contribution in [0.4, 0.5) is 0 Å². The van der Waals surface area contributed by atoms with Gasteiger partial charge in [-0.15, -0.1) is 0 Å². The van der Waals surface area contributed by atoms with Crippen molar-refractivity contribution in [1.82, 2.24) is 4.57 Å². The Kier molecular flexibility index (Phi) is 2.65. The van der Waals surface area contributed by atoms with Gasteiger partial charge in [-0.05, 0) is 36.5 Å². The number of hydrogen-bond donors (Lipinski definition) is 0. The lowest BCUT2D eigenvalue weighted by Gasteiger charge is -2.12. The first-order valence-corrected chi connectivity index (χ1v) is 4.76. The second-order valence-corrected chi connectivity index (χ2v) is 4.08. The molecule has 0 spiro atoms. The summed E-state index contributed by atoms with van der Waals surface area (Å²) in [5.41, 5.74) is 5.24. The Labute approximate surface area is 81.1 Å². The normalized spacial score (nSPS) is 10.9. The van der Waals surface area contributed by atoms with Crippen LogP contribution in [0.5, 0.6) is 0 Å².